The number of nitrogens with zero attached hydrogens (tertiary/aromatic N) is 3. The van der Waals surface area contributed by atoms with Crippen LogP contribution in [0.5, 0.6) is 0 Å². The van der Waals surface area contributed by atoms with E-state index in [-0.39, 0.29) is 18.7 Å². The maximum Gasteiger partial charge on any atom is 0.323 e. The highest BCUT2D eigenvalue weighted by Gasteiger charge is 2.28. The SMILES string of the molecule is Cn1ccc2c1c(/C=C1/Sc3ccc(Cl)cc3N1CC(=O)O)cc[n+]2CCCS(=O)(=O)O. The third-order valence-electron chi connectivity index (χ3n) is 5.13. The predicted molar refractivity (Wildman–Crippen MR) is 124 cm³/mol. The molecule has 2 aromatic heterocycles. The molecule has 0 radical (unpaired) electrons. The summed E-state index contributed by atoms with van der Waals surface area (Å²) in [5.41, 5.74) is 3.49. The molecule has 0 aliphatic carbocycles. The molecule has 11 heteroatoms. The predicted octanol–water partition coefficient (Wildman–Crippen LogP) is 3.39. The van der Waals surface area contributed by atoms with E-state index in [4.69, 9.17) is 16.2 Å². The molecule has 3 aromatic rings. The molecule has 0 fully saturated rings. The Bertz CT molecular complexity index is 1350. The van der Waals surface area contributed by atoms with Crippen LogP contribution in [-0.2, 0) is 28.5 Å². The number of thioether (sulfide) groups is 1. The van der Waals surface area contributed by atoms with E-state index in [1.807, 2.05) is 52.9 Å². The number of carbonyl (C=O) groups is 1. The van der Waals surface area contributed by atoms with E-state index >= 15 is 0 Å². The van der Waals surface area contributed by atoms with E-state index in [1.165, 1.54) is 11.8 Å². The molecule has 0 amide bonds. The zero-order valence-corrected chi connectivity index (χ0v) is 19.5. The second kappa shape index (κ2) is 8.78. The molecule has 0 spiro atoms. The van der Waals surface area contributed by atoms with E-state index in [9.17, 15) is 18.3 Å². The second-order valence-corrected chi connectivity index (χ2v) is 10.5. The summed E-state index contributed by atoms with van der Waals surface area (Å²) in [7, 11) is -2.09. The fraction of sp³-hybridized carbons (Fsp3) is 0.238. The molecule has 0 bridgehead atoms. The minimum absolute atomic E-state index is 0.190. The molecule has 1 aromatic carbocycles. The van der Waals surface area contributed by atoms with Gasteiger partial charge >= 0.3 is 5.97 Å². The number of halogens is 1. The van der Waals surface area contributed by atoms with Gasteiger partial charge in [-0.1, -0.05) is 23.4 Å². The Hall–Kier alpha value is -2.53. The normalized spacial score (nSPS) is 15.0. The van der Waals surface area contributed by atoms with Gasteiger partial charge in [-0.05, 0) is 24.3 Å². The van der Waals surface area contributed by atoms with Gasteiger partial charge in [-0.15, -0.1) is 0 Å². The van der Waals surface area contributed by atoms with Crippen molar-refractivity contribution in [2.45, 2.75) is 17.9 Å². The number of aryl methyl sites for hydroxylation is 2. The molecule has 0 saturated carbocycles. The van der Waals surface area contributed by atoms with E-state index in [2.05, 4.69) is 0 Å². The lowest BCUT2D eigenvalue weighted by molar-refractivity contribution is -0.671. The number of benzene rings is 1. The summed E-state index contributed by atoms with van der Waals surface area (Å²) in [6, 6.07) is 9.28. The maximum atomic E-state index is 11.5. The first-order chi connectivity index (χ1) is 15.1. The Morgan fingerprint density at radius 1 is 1.28 bits per heavy atom. The second-order valence-electron chi connectivity index (χ2n) is 7.44. The van der Waals surface area contributed by atoms with Crippen molar-refractivity contribution in [2.75, 3.05) is 17.2 Å². The molecule has 4 rings (SSSR count). The number of hydrogen-bond acceptors (Lipinski definition) is 5. The van der Waals surface area contributed by atoms with Crippen molar-refractivity contribution >= 4 is 62.2 Å². The van der Waals surface area contributed by atoms with Gasteiger partial charge in [0.1, 0.15) is 18.6 Å². The van der Waals surface area contributed by atoms with Crippen LogP contribution in [0.1, 0.15) is 12.0 Å². The van der Waals surface area contributed by atoms with Gasteiger partial charge in [0, 0.05) is 47.3 Å². The summed E-state index contributed by atoms with van der Waals surface area (Å²) in [6.07, 6.45) is 6.01. The minimum Gasteiger partial charge on any atom is -0.480 e. The van der Waals surface area contributed by atoms with Gasteiger partial charge in [-0.25, -0.2) is 0 Å². The zero-order chi connectivity index (χ0) is 23.0. The van der Waals surface area contributed by atoms with Gasteiger partial charge in [-0.3, -0.25) is 9.35 Å². The van der Waals surface area contributed by atoms with E-state index in [1.54, 1.807) is 17.0 Å². The largest absolute Gasteiger partial charge is 0.480 e. The maximum absolute atomic E-state index is 11.5. The average Bonchev–Trinajstić information content (AvgIpc) is 3.24. The van der Waals surface area contributed by atoms with E-state index in [0.717, 1.165) is 32.2 Å². The fourth-order valence-electron chi connectivity index (χ4n) is 3.77. The molecule has 1 aliphatic heterocycles. The average molecular weight is 495 g/mol. The summed E-state index contributed by atoms with van der Waals surface area (Å²) in [5.74, 6) is -1.25. The van der Waals surface area contributed by atoms with Gasteiger partial charge in [0.2, 0.25) is 5.52 Å². The van der Waals surface area contributed by atoms with Crippen molar-refractivity contribution in [3.8, 4) is 0 Å². The monoisotopic (exact) mass is 494 g/mol. The van der Waals surface area contributed by atoms with Crippen LogP contribution in [0.2, 0.25) is 5.02 Å². The minimum atomic E-state index is -4.01. The van der Waals surface area contributed by atoms with Crippen LogP contribution >= 0.6 is 23.4 Å². The van der Waals surface area contributed by atoms with Crippen molar-refractivity contribution in [1.82, 2.24) is 4.57 Å². The first kappa shape index (κ1) is 22.7. The molecule has 1 aliphatic rings. The van der Waals surface area contributed by atoms with Crippen LogP contribution in [0, 0.1) is 0 Å². The number of anilines is 1. The Kier molecular flexibility index (Phi) is 6.22. The lowest BCUT2D eigenvalue weighted by Crippen LogP contribution is -2.35. The number of carboxylic acids is 1. The van der Waals surface area contributed by atoms with Gasteiger partial charge in [-0.2, -0.15) is 13.0 Å². The highest BCUT2D eigenvalue weighted by atomic mass is 35.5. The van der Waals surface area contributed by atoms with Crippen molar-refractivity contribution < 1.29 is 27.4 Å². The zero-order valence-electron chi connectivity index (χ0n) is 17.1. The third-order valence-corrected chi connectivity index (χ3v) is 7.29. The van der Waals surface area contributed by atoms with Crippen molar-refractivity contribution in [1.29, 1.82) is 0 Å². The molecule has 0 atom stereocenters. The van der Waals surface area contributed by atoms with Crippen LogP contribution in [-0.4, -0.2) is 40.9 Å². The Morgan fingerprint density at radius 3 is 2.78 bits per heavy atom. The number of carboxylic acid groups (broad SMARTS) is 1. The first-order valence-electron chi connectivity index (χ1n) is 9.73. The number of aromatic nitrogens is 2. The van der Waals surface area contributed by atoms with Crippen molar-refractivity contribution in [3.63, 3.8) is 0 Å². The lowest BCUT2D eigenvalue weighted by atomic mass is 10.2. The van der Waals surface area contributed by atoms with Crippen LogP contribution in [0.4, 0.5) is 5.69 Å². The number of rotatable bonds is 7. The Morgan fingerprint density at radius 2 is 2.06 bits per heavy atom. The first-order valence-corrected chi connectivity index (χ1v) is 12.5. The quantitative estimate of drug-likeness (QED) is 0.383. The number of fused-ring (bicyclic) bond motifs is 2. The molecule has 32 heavy (non-hydrogen) atoms. The van der Waals surface area contributed by atoms with Crippen molar-refractivity contribution in [3.05, 3.63) is 58.3 Å². The third kappa shape index (κ3) is 4.78. The molecular weight excluding hydrogens is 474 g/mol. The molecule has 0 saturated heterocycles. The van der Waals surface area contributed by atoms with Crippen LogP contribution in [0.25, 0.3) is 17.1 Å². The number of hydrogen-bond donors (Lipinski definition) is 2. The molecule has 3 heterocycles. The van der Waals surface area contributed by atoms with Crippen LogP contribution < -0.4 is 9.47 Å². The van der Waals surface area contributed by atoms with E-state index in [0.29, 0.717) is 11.6 Å². The summed E-state index contributed by atoms with van der Waals surface area (Å²) in [4.78, 5) is 14.2. The standard InChI is InChI=1S/C21H20ClN3O5S2/c1-23-8-6-16-21(23)14(5-9-24(16)7-2-10-32(28,29)30)11-19-25(13-20(26)27)17-12-15(22)3-4-18(17)31-19/h3-6,8-9,11-12H,2,7,10,13H2,1H3,(H-,26,27,28,29,30)/p+1. The summed E-state index contributed by atoms with van der Waals surface area (Å²) < 4.78 is 35.0. The summed E-state index contributed by atoms with van der Waals surface area (Å²) in [6.45, 7) is 0.242. The Balaban J connectivity index is 1.73. The van der Waals surface area contributed by atoms with Gasteiger partial charge < -0.3 is 14.6 Å². The molecule has 2 N–H and O–H groups in total. The van der Waals surface area contributed by atoms with Crippen LogP contribution in [0.15, 0.2) is 52.7 Å². The molecule has 8 nitrogen and oxygen atoms in total. The molecule has 168 valence electrons. The van der Waals surface area contributed by atoms with Gasteiger partial charge in [0.15, 0.2) is 6.20 Å². The topological polar surface area (TPSA) is 104 Å². The van der Waals surface area contributed by atoms with E-state index < -0.39 is 16.1 Å². The molecular formula is C21H21ClN3O5S2+. The number of aliphatic carboxylic acids is 1. The molecule has 0 unspecified atom stereocenters. The van der Waals surface area contributed by atoms with Gasteiger partial charge in [0.05, 0.1) is 16.5 Å². The number of pyridine rings is 1. The Labute approximate surface area is 194 Å². The smallest absolute Gasteiger partial charge is 0.323 e. The summed E-state index contributed by atoms with van der Waals surface area (Å²) >= 11 is 7.62. The van der Waals surface area contributed by atoms with Gasteiger partial charge in [0.25, 0.3) is 10.1 Å². The highest BCUT2D eigenvalue weighted by Crippen LogP contribution is 2.47. The fourth-order valence-corrected chi connectivity index (χ4v) is 5.53. The summed E-state index contributed by atoms with van der Waals surface area (Å²) in [5, 5.41) is 10.7. The van der Waals surface area contributed by atoms with Crippen LogP contribution in [0.3, 0.4) is 0 Å². The highest BCUT2D eigenvalue weighted by molar-refractivity contribution is 8.03. The lowest BCUT2D eigenvalue weighted by Gasteiger charge is -2.18. The van der Waals surface area contributed by atoms with Crippen molar-refractivity contribution in [2.24, 2.45) is 7.05 Å².